The second-order valence-corrected chi connectivity index (χ2v) is 10.1. The highest BCUT2D eigenvalue weighted by atomic mass is 32.2. The molecule has 0 spiro atoms. The Morgan fingerprint density at radius 1 is 0.909 bits per heavy atom. The van der Waals surface area contributed by atoms with Crippen molar-refractivity contribution in [3.63, 3.8) is 0 Å². The van der Waals surface area contributed by atoms with Gasteiger partial charge in [0, 0.05) is 25.1 Å². The third-order valence-electron chi connectivity index (χ3n) is 5.84. The summed E-state index contributed by atoms with van der Waals surface area (Å²) in [4.78, 5) is 12.3. The summed E-state index contributed by atoms with van der Waals surface area (Å²) in [5, 5.41) is 2.98. The van der Waals surface area contributed by atoms with Gasteiger partial charge < -0.3 is 5.32 Å². The van der Waals surface area contributed by atoms with Crippen LogP contribution in [0.15, 0.2) is 91.0 Å². The van der Waals surface area contributed by atoms with Crippen LogP contribution in [0.3, 0.4) is 0 Å². The van der Waals surface area contributed by atoms with Gasteiger partial charge in [-0.3, -0.25) is 9.10 Å². The molecule has 1 amide bonds. The van der Waals surface area contributed by atoms with E-state index in [0.29, 0.717) is 25.2 Å². The van der Waals surface area contributed by atoms with Gasteiger partial charge in [-0.05, 0) is 47.7 Å². The first-order valence-corrected chi connectivity index (χ1v) is 12.8. The molecule has 5 nitrogen and oxygen atoms in total. The lowest BCUT2D eigenvalue weighted by Gasteiger charge is -2.18. The van der Waals surface area contributed by atoms with Gasteiger partial charge in [0.25, 0.3) is 0 Å². The Balaban J connectivity index is 1.33. The van der Waals surface area contributed by atoms with Crippen LogP contribution in [0.5, 0.6) is 0 Å². The second-order valence-electron chi connectivity index (χ2n) is 8.12. The van der Waals surface area contributed by atoms with E-state index < -0.39 is 10.0 Å². The van der Waals surface area contributed by atoms with E-state index in [1.807, 2.05) is 48.5 Å². The highest BCUT2D eigenvalue weighted by Crippen LogP contribution is 2.27. The maximum absolute atomic E-state index is 12.3. The lowest BCUT2D eigenvalue weighted by Crippen LogP contribution is -2.24. The van der Waals surface area contributed by atoms with Crippen LogP contribution in [0.25, 0.3) is 6.08 Å². The maximum Gasteiger partial charge on any atom is 0.243 e. The van der Waals surface area contributed by atoms with Gasteiger partial charge in [-0.15, -0.1) is 0 Å². The van der Waals surface area contributed by atoms with Gasteiger partial charge in [0.1, 0.15) is 0 Å². The molecule has 1 saturated heterocycles. The van der Waals surface area contributed by atoms with Crippen molar-refractivity contribution in [3.05, 3.63) is 108 Å². The largest absolute Gasteiger partial charge is 0.353 e. The number of amides is 1. The number of nitrogens with zero attached hydrogens (tertiary/aromatic N) is 1. The first-order valence-electron chi connectivity index (χ1n) is 11.2. The molecule has 0 bridgehead atoms. The Bertz CT molecular complexity index is 1150. The van der Waals surface area contributed by atoms with Crippen molar-refractivity contribution in [2.24, 2.45) is 0 Å². The summed E-state index contributed by atoms with van der Waals surface area (Å²) in [5.74, 6) is 0.261. The number of carbonyl (C=O) groups is 1. The second kappa shape index (κ2) is 10.5. The fraction of sp³-hybridized carbons (Fsp3) is 0.222. The molecule has 33 heavy (non-hydrogen) atoms. The molecule has 1 N–H and O–H groups in total. The molecule has 0 aromatic heterocycles. The molecule has 1 aliphatic rings. The van der Waals surface area contributed by atoms with E-state index in [2.05, 4.69) is 29.6 Å². The standard InChI is InChI=1S/C27H28N2O3S/c30-27(17-14-22-12-15-25(16-13-22)29-20-7-21-33(29,31)32)28-19-18-26(23-8-3-1-4-9-23)24-10-5-2-6-11-24/h1-6,8-17,26H,7,18-21H2,(H,28,30)/b17-14+. The zero-order valence-electron chi connectivity index (χ0n) is 18.4. The predicted octanol–water partition coefficient (Wildman–Crippen LogP) is 4.58. The zero-order chi connectivity index (χ0) is 23.1. The maximum atomic E-state index is 12.3. The minimum atomic E-state index is -3.19. The van der Waals surface area contributed by atoms with Crippen LogP contribution in [0.1, 0.15) is 35.4 Å². The molecule has 6 heteroatoms. The molecule has 1 aliphatic heterocycles. The Labute approximate surface area is 195 Å². The fourth-order valence-electron chi connectivity index (χ4n) is 4.15. The molecule has 3 aromatic rings. The van der Waals surface area contributed by atoms with Crippen molar-refractivity contribution in [3.8, 4) is 0 Å². The van der Waals surface area contributed by atoms with Crippen molar-refractivity contribution >= 4 is 27.7 Å². The molecule has 4 rings (SSSR count). The summed E-state index contributed by atoms with van der Waals surface area (Å²) in [6, 6.07) is 27.9. The Hall–Kier alpha value is -3.38. The highest BCUT2D eigenvalue weighted by molar-refractivity contribution is 7.93. The van der Waals surface area contributed by atoms with Crippen molar-refractivity contribution in [2.45, 2.75) is 18.8 Å². The van der Waals surface area contributed by atoms with Gasteiger partial charge in [-0.1, -0.05) is 72.8 Å². The summed E-state index contributed by atoms with van der Waals surface area (Å²) < 4.78 is 25.5. The minimum absolute atomic E-state index is 0.152. The van der Waals surface area contributed by atoms with Crippen LogP contribution in [0, 0.1) is 0 Å². The third kappa shape index (κ3) is 5.90. The highest BCUT2D eigenvalue weighted by Gasteiger charge is 2.28. The van der Waals surface area contributed by atoms with Gasteiger partial charge in [0.05, 0.1) is 11.4 Å². The van der Waals surface area contributed by atoms with Crippen LogP contribution in [-0.4, -0.2) is 33.2 Å². The average molecular weight is 461 g/mol. The van der Waals surface area contributed by atoms with Crippen molar-refractivity contribution in [1.82, 2.24) is 5.32 Å². The molecule has 0 atom stereocenters. The van der Waals surface area contributed by atoms with Gasteiger partial charge in [0.2, 0.25) is 15.9 Å². The van der Waals surface area contributed by atoms with Crippen molar-refractivity contribution in [1.29, 1.82) is 0 Å². The molecule has 0 radical (unpaired) electrons. The van der Waals surface area contributed by atoms with Crippen LogP contribution in [0.4, 0.5) is 5.69 Å². The van der Waals surface area contributed by atoms with Gasteiger partial charge in [-0.2, -0.15) is 0 Å². The number of nitrogens with one attached hydrogen (secondary N) is 1. The number of rotatable bonds is 8. The number of hydrogen-bond acceptors (Lipinski definition) is 3. The minimum Gasteiger partial charge on any atom is -0.353 e. The van der Waals surface area contributed by atoms with Crippen LogP contribution in [0.2, 0.25) is 0 Å². The van der Waals surface area contributed by atoms with Crippen LogP contribution < -0.4 is 9.62 Å². The lowest BCUT2D eigenvalue weighted by atomic mass is 9.88. The number of benzene rings is 3. The smallest absolute Gasteiger partial charge is 0.243 e. The van der Waals surface area contributed by atoms with E-state index in [4.69, 9.17) is 0 Å². The quantitative estimate of drug-likeness (QED) is 0.501. The molecule has 0 unspecified atom stereocenters. The Morgan fingerprint density at radius 3 is 2.06 bits per heavy atom. The molecule has 1 fully saturated rings. The summed E-state index contributed by atoms with van der Waals surface area (Å²) in [5.41, 5.74) is 3.97. The number of hydrogen-bond donors (Lipinski definition) is 1. The first kappa shape index (κ1) is 22.8. The Morgan fingerprint density at radius 2 is 1.52 bits per heavy atom. The molecule has 3 aromatic carbocycles. The molecule has 0 aliphatic carbocycles. The van der Waals surface area contributed by atoms with Gasteiger partial charge >= 0.3 is 0 Å². The van der Waals surface area contributed by atoms with Crippen molar-refractivity contribution < 1.29 is 13.2 Å². The summed E-state index contributed by atoms with van der Waals surface area (Å²) in [6.45, 7) is 1.08. The van der Waals surface area contributed by atoms with E-state index in [1.165, 1.54) is 21.5 Å². The number of carbonyl (C=O) groups excluding carboxylic acids is 1. The normalized spacial score (nSPS) is 15.2. The molecule has 0 saturated carbocycles. The molecular weight excluding hydrogens is 432 g/mol. The van der Waals surface area contributed by atoms with E-state index in [0.717, 1.165) is 12.0 Å². The van der Waals surface area contributed by atoms with E-state index in [1.54, 1.807) is 18.2 Å². The predicted molar refractivity (Wildman–Crippen MR) is 134 cm³/mol. The molecule has 170 valence electrons. The topological polar surface area (TPSA) is 66.5 Å². The molecular formula is C27H28N2O3S. The summed E-state index contributed by atoms with van der Waals surface area (Å²) in [6.07, 6.45) is 4.71. The Kier molecular flexibility index (Phi) is 7.25. The number of anilines is 1. The lowest BCUT2D eigenvalue weighted by molar-refractivity contribution is -0.116. The zero-order valence-corrected chi connectivity index (χ0v) is 19.2. The van der Waals surface area contributed by atoms with E-state index in [-0.39, 0.29) is 17.6 Å². The first-order chi connectivity index (χ1) is 16.0. The average Bonchev–Trinajstić information content (AvgIpc) is 3.21. The monoisotopic (exact) mass is 460 g/mol. The summed E-state index contributed by atoms with van der Waals surface area (Å²) >= 11 is 0. The van der Waals surface area contributed by atoms with Crippen LogP contribution in [-0.2, 0) is 14.8 Å². The van der Waals surface area contributed by atoms with E-state index >= 15 is 0 Å². The SMILES string of the molecule is O=C(/C=C/c1ccc(N2CCCS2(=O)=O)cc1)NCCC(c1ccccc1)c1ccccc1. The van der Waals surface area contributed by atoms with Crippen LogP contribution >= 0.6 is 0 Å². The fourth-order valence-corrected chi connectivity index (χ4v) is 5.71. The molecule has 1 heterocycles. The summed E-state index contributed by atoms with van der Waals surface area (Å²) in [7, 11) is -3.19. The van der Waals surface area contributed by atoms with Gasteiger partial charge in [0.15, 0.2) is 0 Å². The van der Waals surface area contributed by atoms with E-state index in [9.17, 15) is 13.2 Å². The van der Waals surface area contributed by atoms with Crippen molar-refractivity contribution in [2.75, 3.05) is 23.1 Å². The van der Waals surface area contributed by atoms with Gasteiger partial charge in [-0.25, -0.2) is 8.42 Å². The number of sulfonamides is 1. The third-order valence-corrected chi connectivity index (χ3v) is 7.71.